The third kappa shape index (κ3) is 4.12. The number of carbonyl (C=O) groups excluding carboxylic acids is 2. The average molecular weight is 298 g/mol. The lowest BCUT2D eigenvalue weighted by atomic mass is 9.87. The van der Waals surface area contributed by atoms with Gasteiger partial charge in [-0.1, -0.05) is 32.9 Å². The molecule has 0 aliphatic heterocycles. The lowest BCUT2D eigenvalue weighted by molar-refractivity contribution is -0.133. The van der Waals surface area contributed by atoms with Crippen LogP contribution >= 0.6 is 0 Å². The Hall–Kier alpha value is -2.76. The first-order valence-corrected chi connectivity index (χ1v) is 6.86. The van der Waals surface area contributed by atoms with Crippen LogP contribution in [0.2, 0.25) is 0 Å². The third-order valence-electron chi connectivity index (χ3n) is 3.01. The quantitative estimate of drug-likeness (QED) is 0.834. The summed E-state index contributed by atoms with van der Waals surface area (Å²) in [6.45, 7) is 6.32. The first-order valence-electron chi connectivity index (χ1n) is 6.86. The molecule has 2 N–H and O–H groups in total. The van der Waals surface area contributed by atoms with Crippen LogP contribution in [0.3, 0.4) is 0 Å². The Morgan fingerprint density at radius 3 is 2.00 bits per heavy atom. The Labute approximate surface area is 129 Å². The average Bonchev–Trinajstić information content (AvgIpc) is 2.48. The summed E-state index contributed by atoms with van der Waals surface area (Å²) in [6.07, 6.45) is 2.96. The van der Waals surface area contributed by atoms with Gasteiger partial charge in [0.2, 0.25) is 5.95 Å². The van der Waals surface area contributed by atoms with Gasteiger partial charge >= 0.3 is 11.8 Å². The van der Waals surface area contributed by atoms with Gasteiger partial charge < -0.3 is 5.32 Å². The van der Waals surface area contributed by atoms with Gasteiger partial charge in [0.1, 0.15) is 0 Å². The van der Waals surface area contributed by atoms with Crippen LogP contribution in [0.5, 0.6) is 0 Å². The minimum Gasteiger partial charge on any atom is -0.318 e. The van der Waals surface area contributed by atoms with Gasteiger partial charge in [-0.2, -0.15) is 0 Å². The maximum atomic E-state index is 11.8. The summed E-state index contributed by atoms with van der Waals surface area (Å²) >= 11 is 0. The number of nitrogens with zero attached hydrogens (tertiary/aromatic N) is 2. The molecule has 0 aliphatic rings. The fourth-order valence-electron chi connectivity index (χ4n) is 1.76. The fraction of sp³-hybridized carbons (Fsp3) is 0.250. The molecule has 0 spiro atoms. The topological polar surface area (TPSA) is 84.0 Å². The number of amides is 2. The molecule has 6 heteroatoms. The molecule has 22 heavy (non-hydrogen) atoms. The van der Waals surface area contributed by atoms with Crippen LogP contribution in [0.15, 0.2) is 42.7 Å². The van der Waals surface area contributed by atoms with Crippen molar-refractivity contribution in [3.63, 3.8) is 0 Å². The van der Waals surface area contributed by atoms with E-state index in [0.717, 1.165) is 5.56 Å². The largest absolute Gasteiger partial charge is 0.318 e. The number of nitrogens with one attached hydrogen (secondary N) is 2. The zero-order chi connectivity index (χ0) is 16.2. The summed E-state index contributed by atoms with van der Waals surface area (Å²) in [5.41, 5.74) is 1.74. The van der Waals surface area contributed by atoms with Crippen molar-refractivity contribution >= 4 is 23.5 Å². The zero-order valence-electron chi connectivity index (χ0n) is 12.8. The van der Waals surface area contributed by atoms with Crippen molar-refractivity contribution in [2.45, 2.75) is 26.2 Å². The van der Waals surface area contributed by atoms with E-state index in [1.165, 1.54) is 12.4 Å². The summed E-state index contributed by atoms with van der Waals surface area (Å²) in [7, 11) is 0. The molecule has 0 fully saturated rings. The third-order valence-corrected chi connectivity index (χ3v) is 3.01. The van der Waals surface area contributed by atoms with Crippen molar-refractivity contribution in [2.24, 2.45) is 0 Å². The van der Waals surface area contributed by atoms with E-state index in [-0.39, 0.29) is 11.4 Å². The number of benzene rings is 1. The zero-order valence-corrected chi connectivity index (χ0v) is 12.8. The van der Waals surface area contributed by atoms with Crippen LogP contribution in [0.25, 0.3) is 0 Å². The molecule has 0 atom stereocenters. The van der Waals surface area contributed by atoms with Gasteiger partial charge in [-0.15, -0.1) is 0 Å². The highest BCUT2D eigenvalue weighted by atomic mass is 16.2. The van der Waals surface area contributed by atoms with E-state index >= 15 is 0 Å². The van der Waals surface area contributed by atoms with E-state index in [9.17, 15) is 9.59 Å². The standard InChI is InChI=1S/C16H18N4O2/c1-16(2,3)11-5-7-12(8-6-11)19-13(21)14(22)20-15-17-9-4-10-18-15/h4-10H,1-3H3,(H,19,21)(H,17,18,20,22). The monoisotopic (exact) mass is 298 g/mol. The van der Waals surface area contributed by atoms with Crippen molar-refractivity contribution < 1.29 is 9.59 Å². The number of anilines is 2. The van der Waals surface area contributed by atoms with Crippen molar-refractivity contribution in [3.8, 4) is 0 Å². The maximum absolute atomic E-state index is 11.8. The Bertz CT molecular complexity index is 661. The highest BCUT2D eigenvalue weighted by Gasteiger charge is 2.16. The van der Waals surface area contributed by atoms with Crippen LogP contribution in [0.4, 0.5) is 11.6 Å². The van der Waals surface area contributed by atoms with Gasteiger partial charge in [0.05, 0.1) is 0 Å². The molecule has 2 aromatic rings. The molecule has 6 nitrogen and oxygen atoms in total. The number of hydrogen-bond acceptors (Lipinski definition) is 4. The highest BCUT2D eigenvalue weighted by Crippen LogP contribution is 2.23. The molecule has 0 radical (unpaired) electrons. The molecular formula is C16H18N4O2. The summed E-state index contributed by atoms with van der Waals surface area (Å²) in [5.74, 6) is -1.49. The van der Waals surface area contributed by atoms with Gasteiger partial charge in [-0.25, -0.2) is 9.97 Å². The number of carbonyl (C=O) groups is 2. The van der Waals surface area contributed by atoms with Crippen LogP contribution < -0.4 is 10.6 Å². The minimum absolute atomic E-state index is 0.0323. The molecule has 2 rings (SSSR count). The van der Waals surface area contributed by atoms with Crippen LogP contribution in [0.1, 0.15) is 26.3 Å². The Kier molecular flexibility index (Phi) is 4.50. The van der Waals surface area contributed by atoms with E-state index in [1.54, 1.807) is 18.2 Å². The second-order valence-electron chi connectivity index (χ2n) is 5.81. The van der Waals surface area contributed by atoms with E-state index in [2.05, 4.69) is 41.4 Å². The fourth-order valence-corrected chi connectivity index (χ4v) is 1.76. The minimum atomic E-state index is -0.814. The SMILES string of the molecule is CC(C)(C)c1ccc(NC(=O)C(=O)Nc2ncccn2)cc1. The molecule has 0 saturated carbocycles. The molecule has 2 amide bonds. The summed E-state index contributed by atoms with van der Waals surface area (Å²) in [5, 5.41) is 4.86. The van der Waals surface area contributed by atoms with E-state index in [4.69, 9.17) is 0 Å². The molecule has 114 valence electrons. The summed E-state index contributed by atoms with van der Waals surface area (Å²) in [4.78, 5) is 31.2. The molecule has 0 saturated heterocycles. The normalized spacial score (nSPS) is 10.9. The maximum Gasteiger partial charge on any atom is 0.316 e. The van der Waals surface area contributed by atoms with Gasteiger partial charge in [0.15, 0.2) is 0 Å². The predicted octanol–water partition coefficient (Wildman–Crippen LogP) is 2.35. The molecule has 0 aliphatic carbocycles. The van der Waals surface area contributed by atoms with Crippen LogP contribution in [-0.4, -0.2) is 21.8 Å². The molecule has 1 aromatic heterocycles. The number of hydrogen-bond donors (Lipinski definition) is 2. The highest BCUT2D eigenvalue weighted by molar-refractivity contribution is 6.43. The Morgan fingerprint density at radius 2 is 1.45 bits per heavy atom. The first-order chi connectivity index (χ1) is 10.4. The van der Waals surface area contributed by atoms with Gasteiger partial charge in [-0.05, 0) is 29.2 Å². The Balaban J connectivity index is 1.98. The molecule has 1 aromatic carbocycles. The van der Waals surface area contributed by atoms with Gasteiger partial charge in [-0.3, -0.25) is 14.9 Å². The predicted molar refractivity (Wildman–Crippen MR) is 84.4 cm³/mol. The van der Waals surface area contributed by atoms with Gasteiger partial charge in [0.25, 0.3) is 0 Å². The van der Waals surface area contributed by atoms with Crippen molar-refractivity contribution in [2.75, 3.05) is 10.6 Å². The van der Waals surface area contributed by atoms with E-state index < -0.39 is 11.8 Å². The van der Waals surface area contributed by atoms with Crippen LogP contribution in [0, 0.1) is 0 Å². The van der Waals surface area contributed by atoms with Crippen LogP contribution in [-0.2, 0) is 15.0 Å². The first kappa shape index (κ1) is 15.6. The van der Waals surface area contributed by atoms with Crippen molar-refractivity contribution in [3.05, 3.63) is 48.3 Å². The lowest BCUT2D eigenvalue weighted by Crippen LogP contribution is -2.29. The summed E-state index contributed by atoms with van der Waals surface area (Å²) < 4.78 is 0. The van der Waals surface area contributed by atoms with Crippen molar-refractivity contribution in [1.82, 2.24) is 9.97 Å². The molecule has 0 unspecified atom stereocenters. The lowest BCUT2D eigenvalue weighted by Gasteiger charge is -2.19. The molecule has 1 heterocycles. The van der Waals surface area contributed by atoms with E-state index in [1.807, 2.05) is 12.1 Å². The van der Waals surface area contributed by atoms with Crippen molar-refractivity contribution in [1.29, 1.82) is 0 Å². The van der Waals surface area contributed by atoms with E-state index in [0.29, 0.717) is 5.69 Å². The molecule has 0 bridgehead atoms. The number of rotatable bonds is 2. The van der Waals surface area contributed by atoms with Gasteiger partial charge in [0, 0.05) is 18.1 Å². The second-order valence-corrected chi connectivity index (χ2v) is 5.81. The number of aromatic nitrogens is 2. The summed E-state index contributed by atoms with van der Waals surface area (Å²) in [6, 6.07) is 9.00. The smallest absolute Gasteiger partial charge is 0.316 e. The second kappa shape index (κ2) is 6.34. The molecular weight excluding hydrogens is 280 g/mol. The Morgan fingerprint density at radius 1 is 0.909 bits per heavy atom.